The second-order valence-electron chi connectivity index (χ2n) is 3.34. The molecule has 1 atom stereocenters. The zero-order valence-electron chi connectivity index (χ0n) is 8.84. The summed E-state index contributed by atoms with van der Waals surface area (Å²) in [6.45, 7) is 2.87. The van der Waals surface area contributed by atoms with Crippen LogP contribution in [0.25, 0.3) is 0 Å². The third-order valence-electron chi connectivity index (χ3n) is 2.22. The summed E-state index contributed by atoms with van der Waals surface area (Å²) in [5.41, 5.74) is 1.52. The molecule has 0 aliphatic heterocycles. The fourth-order valence-corrected chi connectivity index (χ4v) is 1.61. The highest BCUT2D eigenvalue weighted by atomic mass is 79.9. The van der Waals surface area contributed by atoms with Crippen LogP contribution in [0.3, 0.4) is 0 Å². The van der Waals surface area contributed by atoms with Gasteiger partial charge in [-0.15, -0.1) is 0 Å². The number of hydrogen-bond donors (Lipinski definition) is 2. The smallest absolute Gasteiger partial charge is 0.103 e. The van der Waals surface area contributed by atoms with E-state index in [4.69, 9.17) is 5.26 Å². The summed E-state index contributed by atoms with van der Waals surface area (Å²) in [6, 6.07) is 8.24. The van der Waals surface area contributed by atoms with E-state index < -0.39 is 0 Å². The third-order valence-corrected chi connectivity index (χ3v) is 2.88. The minimum absolute atomic E-state index is 0.371. The summed E-state index contributed by atoms with van der Waals surface area (Å²) in [4.78, 5) is 0. The molecule has 0 aliphatic carbocycles. The van der Waals surface area contributed by atoms with Gasteiger partial charge in [-0.2, -0.15) is 5.26 Å². The van der Waals surface area contributed by atoms with E-state index in [1.165, 1.54) is 0 Å². The molecule has 1 aromatic rings. The molecule has 15 heavy (non-hydrogen) atoms. The number of nitrogens with zero attached hydrogens (tertiary/aromatic N) is 1. The molecule has 0 radical (unpaired) electrons. The lowest BCUT2D eigenvalue weighted by atomic mass is 10.2. The third kappa shape index (κ3) is 3.22. The van der Waals surface area contributed by atoms with E-state index in [1.807, 2.05) is 25.2 Å². The molecule has 0 fully saturated rings. The van der Waals surface area contributed by atoms with Crippen LogP contribution in [0.4, 0.5) is 5.69 Å². The predicted molar refractivity (Wildman–Crippen MR) is 65.9 cm³/mol. The minimum Gasteiger partial charge on any atom is -0.382 e. The van der Waals surface area contributed by atoms with Crippen LogP contribution in [-0.4, -0.2) is 19.6 Å². The average Bonchev–Trinajstić information content (AvgIpc) is 2.25. The largest absolute Gasteiger partial charge is 0.382 e. The van der Waals surface area contributed by atoms with Crippen LogP contribution in [0, 0.1) is 11.3 Å². The predicted octanol–water partition coefficient (Wildman–Crippen LogP) is 2.34. The number of nitrogens with one attached hydrogen (secondary N) is 2. The van der Waals surface area contributed by atoms with Gasteiger partial charge in [-0.3, -0.25) is 0 Å². The van der Waals surface area contributed by atoms with Gasteiger partial charge in [-0.1, -0.05) is 6.07 Å². The van der Waals surface area contributed by atoms with Crippen molar-refractivity contribution >= 4 is 21.6 Å². The summed E-state index contributed by atoms with van der Waals surface area (Å²) in [5.74, 6) is 0. The summed E-state index contributed by atoms with van der Waals surface area (Å²) in [7, 11) is 1.92. The maximum atomic E-state index is 8.99. The van der Waals surface area contributed by atoms with Crippen LogP contribution in [0.5, 0.6) is 0 Å². The van der Waals surface area contributed by atoms with Crippen molar-refractivity contribution in [3.05, 3.63) is 28.2 Å². The van der Waals surface area contributed by atoms with Crippen molar-refractivity contribution in [2.45, 2.75) is 13.0 Å². The van der Waals surface area contributed by atoms with Crippen LogP contribution < -0.4 is 10.6 Å². The maximum absolute atomic E-state index is 8.99. The van der Waals surface area contributed by atoms with Gasteiger partial charge in [0.1, 0.15) is 6.07 Å². The Morgan fingerprint density at radius 1 is 1.53 bits per heavy atom. The van der Waals surface area contributed by atoms with E-state index in [0.29, 0.717) is 11.6 Å². The van der Waals surface area contributed by atoms with E-state index in [0.717, 1.165) is 16.7 Å². The molecule has 1 unspecified atom stereocenters. The van der Waals surface area contributed by atoms with Crippen molar-refractivity contribution in [3.8, 4) is 6.07 Å². The Kier molecular flexibility index (Phi) is 4.60. The minimum atomic E-state index is 0.371. The molecule has 0 amide bonds. The molecule has 3 nitrogen and oxygen atoms in total. The summed E-state index contributed by atoms with van der Waals surface area (Å²) >= 11 is 3.35. The van der Waals surface area contributed by atoms with Crippen LogP contribution >= 0.6 is 15.9 Å². The molecular formula is C11H14BrN3. The fourth-order valence-electron chi connectivity index (χ4n) is 1.15. The molecule has 0 spiro atoms. The number of hydrogen-bond acceptors (Lipinski definition) is 3. The molecule has 80 valence electrons. The molecule has 1 aromatic carbocycles. The number of rotatable bonds is 4. The second kappa shape index (κ2) is 5.74. The van der Waals surface area contributed by atoms with Gasteiger partial charge in [0, 0.05) is 17.1 Å². The van der Waals surface area contributed by atoms with Gasteiger partial charge >= 0.3 is 0 Å². The molecular weight excluding hydrogens is 254 g/mol. The monoisotopic (exact) mass is 267 g/mol. The van der Waals surface area contributed by atoms with Crippen molar-refractivity contribution in [1.29, 1.82) is 5.26 Å². The molecule has 0 saturated carbocycles. The normalized spacial score (nSPS) is 11.9. The number of halogens is 1. The van der Waals surface area contributed by atoms with Gasteiger partial charge in [0.25, 0.3) is 0 Å². The summed E-state index contributed by atoms with van der Waals surface area (Å²) in [6.07, 6.45) is 0. The highest BCUT2D eigenvalue weighted by Crippen LogP contribution is 2.23. The number of likely N-dealkylation sites (N-methyl/N-ethyl adjacent to an activating group) is 1. The Labute approximate surface area is 98.6 Å². The molecule has 2 N–H and O–H groups in total. The Balaban J connectivity index is 2.77. The van der Waals surface area contributed by atoms with Crippen LogP contribution in [0.15, 0.2) is 22.7 Å². The van der Waals surface area contributed by atoms with Gasteiger partial charge in [0.2, 0.25) is 0 Å². The molecule has 0 aromatic heterocycles. The number of anilines is 1. The number of benzene rings is 1. The lowest BCUT2D eigenvalue weighted by Gasteiger charge is -2.13. The number of nitriles is 1. The first-order valence-corrected chi connectivity index (χ1v) is 5.58. The van der Waals surface area contributed by atoms with Crippen molar-refractivity contribution in [2.75, 3.05) is 18.9 Å². The molecule has 0 saturated heterocycles. The van der Waals surface area contributed by atoms with Crippen molar-refractivity contribution in [2.24, 2.45) is 0 Å². The van der Waals surface area contributed by atoms with E-state index in [-0.39, 0.29) is 0 Å². The molecule has 1 rings (SSSR count). The molecule has 0 aliphatic rings. The SMILES string of the molecule is CNC(C)CNc1cccc(Br)c1C#N. The average molecular weight is 268 g/mol. The lowest BCUT2D eigenvalue weighted by molar-refractivity contribution is 0.638. The Bertz CT molecular complexity index is 371. The van der Waals surface area contributed by atoms with Crippen LogP contribution in [0.2, 0.25) is 0 Å². The first-order chi connectivity index (χ1) is 7.19. The topological polar surface area (TPSA) is 47.8 Å². The van der Waals surface area contributed by atoms with Crippen molar-refractivity contribution in [3.63, 3.8) is 0 Å². The zero-order valence-corrected chi connectivity index (χ0v) is 10.4. The van der Waals surface area contributed by atoms with E-state index in [2.05, 4.69) is 39.6 Å². The second-order valence-corrected chi connectivity index (χ2v) is 4.20. The molecule has 0 bridgehead atoms. The highest BCUT2D eigenvalue weighted by molar-refractivity contribution is 9.10. The van der Waals surface area contributed by atoms with Gasteiger partial charge < -0.3 is 10.6 Å². The van der Waals surface area contributed by atoms with Crippen LogP contribution in [0.1, 0.15) is 12.5 Å². The van der Waals surface area contributed by atoms with Gasteiger partial charge in [0.15, 0.2) is 0 Å². The first kappa shape index (κ1) is 12.0. The quantitative estimate of drug-likeness (QED) is 0.881. The lowest BCUT2D eigenvalue weighted by Crippen LogP contribution is -2.29. The Hall–Kier alpha value is -1.05. The maximum Gasteiger partial charge on any atom is 0.103 e. The van der Waals surface area contributed by atoms with Crippen LogP contribution in [-0.2, 0) is 0 Å². The summed E-state index contributed by atoms with van der Waals surface area (Å²) < 4.78 is 0.826. The van der Waals surface area contributed by atoms with Crippen molar-refractivity contribution in [1.82, 2.24) is 5.32 Å². The Morgan fingerprint density at radius 3 is 2.87 bits per heavy atom. The molecule has 4 heteroatoms. The van der Waals surface area contributed by atoms with Gasteiger partial charge in [-0.05, 0) is 42.0 Å². The highest BCUT2D eigenvalue weighted by Gasteiger charge is 2.06. The standard InChI is InChI=1S/C11H14BrN3/c1-8(14-2)7-15-11-5-3-4-10(12)9(11)6-13/h3-5,8,14-15H,7H2,1-2H3. The fraction of sp³-hybridized carbons (Fsp3) is 0.364. The molecule has 0 heterocycles. The van der Waals surface area contributed by atoms with Crippen molar-refractivity contribution < 1.29 is 0 Å². The first-order valence-electron chi connectivity index (χ1n) is 4.78. The Morgan fingerprint density at radius 2 is 2.27 bits per heavy atom. The zero-order chi connectivity index (χ0) is 11.3. The van der Waals surface area contributed by atoms with E-state index >= 15 is 0 Å². The van der Waals surface area contributed by atoms with Gasteiger partial charge in [0.05, 0.1) is 11.3 Å². The van der Waals surface area contributed by atoms with Gasteiger partial charge in [-0.25, -0.2) is 0 Å². The summed E-state index contributed by atoms with van der Waals surface area (Å²) in [5, 5.41) is 15.4. The van der Waals surface area contributed by atoms with E-state index in [1.54, 1.807) is 0 Å². The van der Waals surface area contributed by atoms with E-state index in [9.17, 15) is 0 Å².